The summed E-state index contributed by atoms with van der Waals surface area (Å²) in [6.45, 7) is 16.4. The smallest absolute Gasteiger partial charge is 0.343 e. The summed E-state index contributed by atoms with van der Waals surface area (Å²) in [5, 5.41) is 2.13. The summed E-state index contributed by atoms with van der Waals surface area (Å²) < 4.78 is 13.6. The van der Waals surface area contributed by atoms with Gasteiger partial charge >= 0.3 is 5.97 Å². The molecule has 0 amide bonds. The molecule has 1 aromatic carbocycles. The third-order valence-electron chi connectivity index (χ3n) is 7.23. The highest BCUT2D eigenvalue weighted by molar-refractivity contribution is 5.89. The molecule has 0 saturated carbocycles. The quantitative estimate of drug-likeness (QED) is 0.376. The number of pyridine rings is 1. The minimum absolute atomic E-state index is 0.0539. The van der Waals surface area contributed by atoms with E-state index in [9.17, 15) is 9.59 Å². The van der Waals surface area contributed by atoms with Crippen LogP contribution in [0.5, 0.6) is 5.75 Å². The van der Waals surface area contributed by atoms with Gasteiger partial charge in [0.2, 0.25) is 0 Å². The van der Waals surface area contributed by atoms with Gasteiger partial charge in [-0.1, -0.05) is 65.2 Å². The monoisotopic (exact) mass is 508 g/mol. The van der Waals surface area contributed by atoms with Crippen molar-refractivity contribution in [3.05, 3.63) is 62.4 Å². The molecular formula is C31H44N2O4. The molecule has 0 spiro atoms. The summed E-state index contributed by atoms with van der Waals surface area (Å²) in [5.74, 6) is 0.304. The second-order valence-corrected chi connectivity index (χ2v) is 11.0. The average molecular weight is 509 g/mol. The lowest BCUT2D eigenvalue weighted by Crippen LogP contribution is -2.46. The number of carbonyl (C=O) groups is 1. The number of rotatable bonds is 8. The lowest BCUT2D eigenvalue weighted by molar-refractivity contribution is 0.0522. The number of unbranched alkanes of at least 4 members (excludes halogenated alkanes) is 2. The normalized spacial score (nSPS) is 17.8. The van der Waals surface area contributed by atoms with E-state index < -0.39 is 5.97 Å². The van der Waals surface area contributed by atoms with Gasteiger partial charge in [-0.15, -0.1) is 0 Å². The molecule has 2 heterocycles. The first-order chi connectivity index (χ1) is 17.5. The molecule has 202 valence electrons. The number of carbonyl (C=O) groups excluding carboxylic acids is 1. The van der Waals surface area contributed by atoms with Crippen LogP contribution < -0.4 is 20.6 Å². The van der Waals surface area contributed by atoms with Gasteiger partial charge in [0, 0.05) is 36.3 Å². The molecule has 1 aromatic heterocycles. The van der Waals surface area contributed by atoms with Crippen molar-refractivity contribution in [3.63, 3.8) is 0 Å². The molecule has 0 N–H and O–H groups in total. The summed E-state index contributed by atoms with van der Waals surface area (Å²) >= 11 is 0. The van der Waals surface area contributed by atoms with Crippen LogP contribution in [0.4, 0.5) is 0 Å². The van der Waals surface area contributed by atoms with E-state index in [2.05, 4.69) is 64.1 Å². The zero-order valence-corrected chi connectivity index (χ0v) is 23.9. The fourth-order valence-corrected chi connectivity index (χ4v) is 5.03. The minimum atomic E-state index is -0.575. The second-order valence-electron chi connectivity index (χ2n) is 11.0. The maximum Gasteiger partial charge on any atom is 0.343 e. The van der Waals surface area contributed by atoms with Gasteiger partial charge in [-0.3, -0.25) is 4.79 Å². The Balaban J connectivity index is 2.39. The van der Waals surface area contributed by atoms with Gasteiger partial charge in [0.05, 0.1) is 30.6 Å². The van der Waals surface area contributed by atoms with Crippen molar-refractivity contribution >= 4 is 17.2 Å². The first kappa shape index (κ1) is 28.5. The Morgan fingerprint density at radius 1 is 1.14 bits per heavy atom. The van der Waals surface area contributed by atoms with Crippen molar-refractivity contribution in [2.24, 2.45) is 5.41 Å². The van der Waals surface area contributed by atoms with Crippen LogP contribution in [0.15, 0.2) is 35.3 Å². The second kappa shape index (κ2) is 12.0. The van der Waals surface area contributed by atoms with Crippen LogP contribution in [-0.2, 0) is 4.74 Å². The average Bonchev–Trinajstić information content (AvgIpc) is 2.84. The van der Waals surface area contributed by atoms with E-state index in [0.29, 0.717) is 6.61 Å². The summed E-state index contributed by atoms with van der Waals surface area (Å²) in [6.07, 6.45) is 5.90. The molecule has 6 heteroatoms. The number of hydrogen-bond acceptors (Lipinski definition) is 5. The highest BCUT2D eigenvalue weighted by Crippen LogP contribution is 2.37. The van der Waals surface area contributed by atoms with Crippen molar-refractivity contribution in [1.29, 1.82) is 0 Å². The summed E-state index contributed by atoms with van der Waals surface area (Å²) in [7, 11) is 2.08. The predicted molar refractivity (Wildman–Crippen MR) is 150 cm³/mol. The van der Waals surface area contributed by atoms with Crippen molar-refractivity contribution in [2.45, 2.75) is 80.2 Å². The molecule has 0 fully saturated rings. The van der Waals surface area contributed by atoms with E-state index in [1.165, 1.54) is 5.57 Å². The number of likely N-dealkylation sites (N-methyl/N-ethyl adjacent to an activating group) is 1. The molecule has 2 aromatic rings. The summed E-state index contributed by atoms with van der Waals surface area (Å²) in [6, 6.07) is 7.85. The Hall–Kier alpha value is -3.02. The number of esters is 1. The van der Waals surface area contributed by atoms with Crippen LogP contribution in [-0.4, -0.2) is 42.2 Å². The zero-order valence-electron chi connectivity index (χ0n) is 23.9. The van der Waals surface area contributed by atoms with Crippen molar-refractivity contribution < 1.29 is 14.3 Å². The Labute approximate surface area is 221 Å². The van der Waals surface area contributed by atoms with Crippen LogP contribution in [0.2, 0.25) is 0 Å². The highest BCUT2D eigenvalue weighted by atomic mass is 16.5. The van der Waals surface area contributed by atoms with Gasteiger partial charge in [-0.05, 0) is 38.2 Å². The van der Waals surface area contributed by atoms with Gasteiger partial charge in [-0.2, -0.15) is 0 Å². The molecular weight excluding hydrogens is 464 g/mol. The van der Waals surface area contributed by atoms with E-state index in [-0.39, 0.29) is 29.1 Å². The lowest BCUT2D eigenvalue weighted by Gasteiger charge is -2.43. The molecule has 3 rings (SSSR count). The Morgan fingerprint density at radius 3 is 2.49 bits per heavy atom. The van der Waals surface area contributed by atoms with E-state index in [1.807, 2.05) is 12.1 Å². The van der Waals surface area contributed by atoms with Crippen molar-refractivity contribution in [3.8, 4) is 5.75 Å². The van der Waals surface area contributed by atoms with Crippen molar-refractivity contribution in [1.82, 2.24) is 9.47 Å². The molecule has 0 aliphatic carbocycles. The molecule has 6 nitrogen and oxygen atoms in total. The Bertz CT molecular complexity index is 1300. The maximum atomic E-state index is 13.2. The predicted octanol–water partition coefficient (Wildman–Crippen LogP) is 4.86. The minimum Gasteiger partial charge on any atom is -0.493 e. The van der Waals surface area contributed by atoms with Gasteiger partial charge < -0.3 is 18.9 Å². The summed E-state index contributed by atoms with van der Waals surface area (Å²) in [5.41, 5.74) is 2.66. The van der Waals surface area contributed by atoms with E-state index in [0.717, 1.165) is 59.8 Å². The molecule has 1 unspecified atom stereocenters. The van der Waals surface area contributed by atoms with Crippen LogP contribution in [0.3, 0.4) is 0 Å². The first-order valence-corrected chi connectivity index (χ1v) is 13.7. The third kappa shape index (κ3) is 6.11. The van der Waals surface area contributed by atoms with Crippen LogP contribution in [0, 0.1) is 5.41 Å². The van der Waals surface area contributed by atoms with Gasteiger partial charge in [0.15, 0.2) is 5.43 Å². The third-order valence-corrected chi connectivity index (χ3v) is 7.23. The maximum absolute atomic E-state index is 13.2. The summed E-state index contributed by atoms with van der Waals surface area (Å²) in [4.78, 5) is 28.1. The van der Waals surface area contributed by atoms with E-state index in [1.54, 1.807) is 19.2 Å². The number of benzene rings is 1. The number of nitrogens with zero attached hydrogens (tertiary/aromatic N) is 2. The Morgan fingerprint density at radius 2 is 1.86 bits per heavy atom. The Kier molecular flexibility index (Phi) is 9.27. The van der Waals surface area contributed by atoms with Gasteiger partial charge in [0.1, 0.15) is 11.3 Å². The molecule has 1 aliphatic rings. The number of hydrogen-bond donors (Lipinski definition) is 0. The SMILES string of the molecule is CCCCCOc1cccc(=C2\c3cc(=O)c(C(=O)OCC)cn3C(C(C)(C)C)CN2C)/c1=C(/C)CC. The van der Waals surface area contributed by atoms with Crippen LogP contribution in [0.25, 0.3) is 11.3 Å². The molecule has 0 bridgehead atoms. The molecule has 0 saturated heterocycles. The molecule has 37 heavy (non-hydrogen) atoms. The first-order valence-electron chi connectivity index (χ1n) is 13.7. The van der Waals surface area contributed by atoms with E-state index in [4.69, 9.17) is 9.47 Å². The standard InChI is InChI=1S/C31H44N2O4/c1-9-12-13-17-37-26-16-14-15-22(28(26)21(4)10-2)29-24-18-25(34)23(30(35)36-11-3)19-33(24)27(20-32(29)8)31(5,6)7/h14-16,18-19,27H,9-13,17,20H2,1-8H3/b28-21+,29-22-. The largest absolute Gasteiger partial charge is 0.493 e. The number of ether oxygens (including phenoxy) is 2. The molecule has 1 atom stereocenters. The van der Waals surface area contributed by atoms with Crippen LogP contribution in [0.1, 0.15) is 96.2 Å². The zero-order chi connectivity index (χ0) is 27.3. The van der Waals surface area contributed by atoms with Crippen molar-refractivity contribution in [2.75, 3.05) is 26.8 Å². The van der Waals surface area contributed by atoms with Gasteiger partial charge in [-0.25, -0.2) is 4.79 Å². The highest BCUT2D eigenvalue weighted by Gasteiger charge is 2.35. The molecule has 0 radical (unpaired) electrons. The molecule has 1 aliphatic heterocycles. The van der Waals surface area contributed by atoms with Crippen LogP contribution >= 0.6 is 0 Å². The number of aromatic nitrogens is 1. The fraction of sp³-hybridized carbons (Fsp3) is 0.548. The topological polar surface area (TPSA) is 60.8 Å². The van der Waals surface area contributed by atoms with Gasteiger partial charge in [0.25, 0.3) is 0 Å². The number of fused-ring (bicyclic) bond motifs is 1. The lowest BCUT2D eigenvalue weighted by atomic mass is 9.84. The fourth-order valence-electron chi connectivity index (χ4n) is 5.03. The van der Waals surface area contributed by atoms with E-state index >= 15 is 0 Å².